The summed E-state index contributed by atoms with van der Waals surface area (Å²) in [5, 5.41) is 37.5. The van der Waals surface area contributed by atoms with E-state index in [1.54, 1.807) is 60.6 Å². The number of Topliss-reactive ketones (excluding diaryl/α,β-unsaturated/α-hetero) is 2. The second kappa shape index (κ2) is 33.9. The van der Waals surface area contributed by atoms with Crippen molar-refractivity contribution in [2.45, 2.75) is 198 Å². The molecule has 87 heavy (non-hydrogen) atoms. The van der Waals surface area contributed by atoms with Crippen LogP contribution < -0.4 is 16.0 Å². The molecular formula is C64H99N7O16. The average molecular weight is 1220 g/mol. The molecule has 3 amide bonds. The van der Waals surface area contributed by atoms with Crippen LogP contribution in [0.3, 0.4) is 0 Å². The molecule has 6 N–H and O–H groups in total. The Labute approximate surface area is 513 Å². The fraction of sp³-hybridized carbons (Fsp3) is 0.719. The number of fused-ring (bicyclic) bond motifs is 3. The highest BCUT2D eigenvalue weighted by molar-refractivity contribution is 6.39. The van der Waals surface area contributed by atoms with Crippen LogP contribution in [0.25, 0.3) is 0 Å². The second-order valence-corrected chi connectivity index (χ2v) is 24.7. The Morgan fingerprint density at radius 1 is 0.805 bits per heavy atom. The second-order valence-electron chi connectivity index (χ2n) is 24.7. The zero-order chi connectivity index (χ0) is 63.5. The number of ether oxygens (including phenoxy) is 7. The molecule has 0 spiro atoms. The number of anilines is 1. The quantitative estimate of drug-likeness (QED) is 0.0978. The number of hydrogen-bond donors (Lipinski definition) is 5. The summed E-state index contributed by atoms with van der Waals surface area (Å²) in [6, 6.07) is -2.02. The molecule has 1 aliphatic carbocycles. The molecule has 0 unspecified atom stereocenters. The third-order valence-corrected chi connectivity index (χ3v) is 18.2. The number of allylic oxidation sites excluding steroid dienone is 5. The van der Waals surface area contributed by atoms with Gasteiger partial charge in [0.25, 0.3) is 11.7 Å². The molecule has 0 aromatic carbocycles. The highest BCUT2D eigenvalue weighted by atomic mass is 16.6. The molecule has 1 aromatic heterocycles. The number of rotatable bonds is 13. The van der Waals surface area contributed by atoms with Crippen molar-refractivity contribution >= 4 is 41.4 Å². The van der Waals surface area contributed by atoms with Gasteiger partial charge >= 0.3 is 12.1 Å². The SMILES string of the molecule is COCCC(=O)N1CCN(c2ncc(CNC(=O)O[C@@H]3CC[C@@H](C[C@@H](N)[C@@H]4C[C@@H](OC)[C@H](C)/C=C(\C)[C@@H](O)[C@@H](O)C(=O)[C@H](C)C[C@H](C)/C=C/C=C/C=C(\C)[C@@H](OC)C[C@@H]5CC[C@@H](C)[C@@](O)(O5)C(=O)C(=O)N5CCCC[C@H]5C(=O)O4)C[C@H]3OC)cn2)CC1. The minimum absolute atomic E-state index is 0.0434. The van der Waals surface area contributed by atoms with E-state index in [2.05, 4.69) is 15.3 Å². The number of piperidine rings is 1. The van der Waals surface area contributed by atoms with Gasteiger partial charge in [-0.25, -0.2) is 19.6 Å². The third-order valence-electron chi connectivity index (χ3n) is 18.2. The first-order valence-electron chi connectivity index (χ1n) is 31.2. The van der Waals surface area contributed by atoms with Crippen molar-refractivity contribution in [3.8, 4) is 0 Å². The van der Waals surface area contributed by atoms with Crippen LogP contribution in [0.1, 0.15) is 131 Å². The third kappa shape index (κ3) is 19.5. The maximum atomic E-state index is 14.8. The lowest BCUT2D eigenvalue weighted by Crippen LogP contribution is -2.61. The first-order valence-corrected chi connectivity index (χ1v) is 31.2. The largest absolute Gasteiger partial charge is 0.459 e. The standard InChI is InChI=1S/C64H99N7O16/c1-39-16-12-11-13-17-40(2)51(82-8)34-47-21-19-44(6)64(80,87-47)59(76)60(77)71-24-15-14-18-49(71)61(78)85-53(35-52(83-9)41(3)31-43(5)57(74)58(75)56(73)42(4)30-39)48(65)32-45-20-22-50(54(33-45)84-10)86-63(79)68-38-46-36-66-62(67-37-46)70-27-25-69(26-28-70)55(72)23-29-81-7/h11-13,16-17,31,36-37,39,41-42,44-45,47-54,57-58,74-75,80H,14-15,18-30,32-35,38,65H2,1-10H3,(H,68,79)/b13-11+,16-12+,40-17+,43-31+/t39-,41-,42-,44-,45+,47+,48-,49+,50-,51+,52-,53+,54-,57-,58+,64-/m1/s1. The lowest BCUT2D eigenvalue weighted by Gasteiger charge is -2.43. The minimum Gasteiger partial charge on any atom is -0.459 e. The number of nitrogens with zero attached hydrogens (tertiary/aromatic N) is 5. The van der Waals surface area contributed by atoms with Crippen LogP contribution in [-0.4, -0.2) is 205 Å². The molecule has 5 aliphatic rings. The van der Waals surface area contributed by atoms with Crippen molar-refractivity contribution in [3.63, 3.8) is 0 Å². The van der Waals surface area contributed by atoms with E-state index in [0.29, 0.717) is 114 Å². The smallest absolute Gasteiger partial charge is 0.407 e. The van der Waals surface area contributed by atoms with Crippen molar-refractivity contribution in [3.05, 3.63) is 65.6 Å². The maximum absolute atomic E-state index is 14.8. The number of esters is 1. The summed E-state index contributed by atoms with van der Waals surface area (Å²) in [5.74, 6) is -7.34. The molecule has 5 heterocycles. The molecule has 16 atom stereocenters. The first-order chi connectivity index (χ1) is 41.5. The van der Waals surface area contributed by atoms with E-state index in [4.69, 9.17) is 38.9 Å². The molecule has 23 nitrogen and oxygen atoms in total. The van der Waals surface area contributed by atoms with Gasteiger partial charge in [-0.1, -0.05) is 64.2 Å². The molecule has 1 saturated carbocycles. The van der Waals surface area contributed by atoms with Gasteiger partial charge < -0.3 is 74.2 Å². The summed E-state index contributed by atoms with van der Waals surface area (Å²) in [7, 11) is 6.18. The molecule has 1 aromatic rings. The number of amides is 3. The van der Waals surface area contributed by atoms with Gasteiger partial charge in [0, 0.05) is 122 Å². The molecule has 3 saturated heterocycles. The summed E-state index contributed by atoms with van der Waals surface area (Å²) >= 11 is 0. The summed E-state index contributed by atoms with van der Waals surface area (Å²) in [6.45, 7) is 13.5. The molecule has 4 aliphatic heterocycles. The number of methoxy groups -OCH3 is 4. The number of carbonyl (C=O) groups excluding carboxylic acids is 6. The van der Waals surface area contributed by atoms with Crippen molar-refractivity contribution < 1.29 is 77.2 Å². The normalized spacial score (nSPS) is 34.9. The van der Waals surface area contributed by atoms with Gasteiger partial charge in [-0.3, -0.25) is 19.2 Å². The number of cyclic esters (lactones) is 1. The van der Waals surface area contributed by atoms with E-state index in [9.17, 15) is 44.1 Å². The van der Waals surface area contributed by atoms with E-state index in [1.165, 1.54) is 12.0 Å². The lowest BCUT2D eigenvalue weighted by molar-refractivity contribution is -0.265. The molecule has 2 bridgehead atoms. The number of nitrogens with two attached hydrogens (primary N) is 1. The summed E-state index contributed by atoms with van der Waals surface area (Å²) in [5.41, 5.74) is 8.99. The number of aromatic nitrogens is 2. The maximum Gasteiger partial charge on any atom is 0.407 e. The van der Waals surface area contributed by atoms with E-state index in [-0.39, 0.29) is 50.1 Å². The Morgan fingerprint density at radius 3 is 2.20 bits per heavy atom. The zero-order valence-electron chi connectivity index (χ0n) is 52.9. The van der Waals surface area contributed by atoms with Gasteiger partial charge in [0.05, 0.1) is 37.4 Å². The Balaban J connectivity index is 1.17. The number of aliphatic hydroxyl groups excluding tert-OH is 2. The van der Waals surface area contributed by atoms with Crippen LogP contribution in [-0.2, 0) is 63.7 Å². The number of ketones is 2. The van der Waals surface area contributed by atoms with E-state index in [0.717, 1.165) is 5.57 Å². The fourth-order valence-corrected chi connectivity index (χ4v) is 12.7. The van der Waals surface area contributed by atoms with Gasteiger partial charge in [-0.05, 0) is 101 Å². The highest BCUT2D eigenvalue weighted by Gasteiger charge is 2.53. The van der Waals surface area contributed by atoms with E-state index >= 15 is 0 Å². The average Bonchev–Trinajstić information content (AvgIpc) is 2.91. The number of piperazine rings is 1. The first kappa shape index (κ1) is 70.6. The number of nitrogens with one attached hydrogen (secondary N) is 1. The van der Waals surface area contributed by atoms with Gasteiger partial charge in [0.15, 0.2) is 5.78 Å². The molecule has 4 fully saturated rings. The van der Waals surface area contributed by atoms with E-state index in [1.807, 2.05) is 61.0 Å². The molecule has 486 valence electrons. The van der Waals surface area contributed by atoms with Crippen LogP contribution in [0.15, 0.2) is 60.0 Å². The van der Waals surface area contributed by atoms with Crippen molar-refractivity contribution in [1.82, 2.24) is 25.1 Å². The predicted octanol–water partition coefficient (Wildman–Crippen LogP) is 5.07. The van der Waals surface area contributed by atoms with Crippen molar-refractivity contribution in [2.24, 2.45) is 35.3 Å². The Hall–Kier alpha value is -5.50. The highest BCUT2D eigenvalue weighted by Crippen LogP contribution is 2.38. The number of hydrogen-bond acceptors (Lipinski definition) is 20. The Bertz CT molecular complexity index is 2560. The predicted molar refractivity (Wildman–Crippen MR) is 323 cm³/mol. The summed E-state index contributed by atoms with van der Waals surface area (Å²) < 4.78 is 41.4. The van der Waals surface area contributed by atoms with Gasteiger partial charge in [-0.2, -0.15) is 0 Å². The minimum atomic E-state index is -2.47. The topological polar surface area (TPSA) is 301 Å². The van der Waals surface area contributed by atoms with Crippen molar-refractivity contribution in [1.29, 1.82) is 0 Å². The van der Waals surface area contributed by atoms with Crippen LogP contribution in [0, 0.1) is 29.6 Å². The number of alkyl carbamates (subject to hydrolysis) is 1. The molecule has 0 radical (unpaired) electrons. The van der Waals surface area contributed by atoms with Gasteiger partial charge in [0.2, 0.25) is 17.6 Å². The van der Waals surface area contributed by atoms with Crippen molar-refractivity contribution in [2.75, 3.05) is 72.7 Å². The monoisotopic (exact) mass is 1220 g/mol. The lowest BCUT2D eigenvalue weighted by atomic mass is 9.80. The van der Waals surface area contributed by atoms with E-state index < -0.39 is 114 Å². The number of aliphatic hydroxyl groups is 3. The van der Waals surface area contributed by atoms with Gasteiger partial charge in [0.1, 0.15) is 30.5 Å². The van der Waals surface area contributed by atoms with Crippen LogP contribution in [0.2, 0.25) is 0 Å². The van der Waals surface area contributed by atoms with Gasteiger partial charge in [-0.15, -0.1) is 0 Å². The van der Waals surface area contributed by atoms with Crippen LogP contribution in [0.5, 0.6) is 0 Å². The summed E-state index contributed by atoms with van der Waals surface area (Å²) in [4.78, 5) is 97.0. The molecule has 23 heteroatoms. The molecular weight excluding hydrogens is 1120 g/mol. The Kier molecular flexibility index (Phi) is 27.5. The number of carbonyl (C=O) groups is 6. The Morgan fingerprint density at radius 2 is 1.52 bits per heavy atom. The summed E-state index contributed by atoms with van der Waals surface area (Å²) in [6.07, 6.45) is 11.6. The van der Waals surface area contributed by atoms with Crippen LogP contribution in [0.4, 0.5) is 10.7 Å². The zero-order valence-corrected chi connectivity index (χ0v) is 52.9. The van der Waals surface area contributed by atoms with Crippen LogP contribution >= 0.6 is 0 Å². The molecule has 6 rings (SSSR count). The fourth-order valence-electron chi connectivity index (χ4n) is 12.7.